The van der Waals surface area contributed by atoms with Crippen molar-refractivity contribution in [2.45, 2.75) is 6.04 Å². The predicted octanol–water partition coefficient (Wildman–Crippen LogP) is 3.60. The minimum Gasteiger partial charge on any atom is -0.493 e. The second-order valence-corrected chi connectivity index (χ2v) is 6.27. The van der Waals surface area contributed by atoms with Gasteiger partial charge in [0.05, 0.1) is 20.3 Å². The van der Waals surface area contributed by atoms with Crippen molar-refractivity contribution in [1.82, 2.24) is 10.2 Å². The maximum Gasteiger partial charge on any atom is 0.165 e. The van der Waals surface area contributed by atoms with Crippen LogP contribution < -0.4 is 14.8 Å². The number of nitrogens with one attached hydrogen (secondary N) is 1. The first-order valence-corrected chi connectivity index (χ1v) is 8.42. The van der Waals surface area contributed by atoms with Gasteiger partial charge in [-0.2, -0.15) is 0 Å². The van der Waals surface area contributed by atoms with Gasteiger partial charge in [0.25, 0.3) is 0 Å². The Hall–Kier alpha value is -0.980. The molecule has 0 spiro atoms. The van der Waals surface area contributed by atoms with E-state index >= 15 is 0 Å². The quantitative estimate of drug-likeness (QED) is 0.845. The second kappa shape index (κ2) is 10.1. The summed E-state index contributed by atoms with van der Waals surface area (Å²) in [5, 5.41) is 5.56. The van der Waals surface area contributed by atoms with E-state index in [-0.39, 0.29) is 30.9 Å². The van der Waals surface area contributed by atoms with Crippen LogP contribution >= 0.6 is 36.2 Å². The number of para-hydroxylation sites is 1. The maximum atomic E-state index is 5.67. The molecular weight excluding hydrogens is 367 g/mol. The Labute approximate surface area is 160 Å². The lowest BCUT2D eigenvalue weighted by molar-refractivity contribution is 0.197. The Morgan fingerprint density at radius 3 is 2.38 bits per heavy atom. The van der Waals surface area contributed by atoms with Crippen molar-refractivity contribution in [3.05, 3.63) is 46.2 Å². The van der Waals surface area contributed by atoms with Gasteiger partial charge in [-0.05, 0) is 17.5 Å². The van der Waals surface area contributed by atoms with E-state index in [1.807, 2.05) is 12.1 Å². The molecule has 1 atom stereocenters. The third-order valence-electron chi connectivity index (χ3n) is 4.06. The van der Waals surface area contributed by atoms with Gasteiger partial charge in [-0.3, -0.25) is 4.90 Å². The van der Waals surface area contributed by atoms with Crippen molar-refractivity contribution >= 4 is 36.2 Å². The minimum atomic E-state index is 0. The molecule has 1 aromatic heterocycles. The number of methoxy groups -OCH3 is 2. The number of thiophene rings is 1. The number of ether oxygens (including phenoxy) is 2. The van der Waals surface area contributed by atoms with Crippen molar-refractivity contribution in [2.75, 3.05) is 40.4 Å². The molecule has 0 unspecified atom stereocenters. The Balaban J connectivity index is 0.00000144. The lowest BCUT2D eigenvalue weighted by atomic mass is 10.0. The number of benzene rings is 1. The molecule has 2 aromatic rings. The number of halogens is 2. The standard InChI is InChI=1S/C17H22N2O2S.2ClH/c1-20-14-6-3-5-13(17(14)21-2)16(15-7-4-12-22-15)19-10-8-18-9-11-19;;/h3-7,12,16,18H,8-11H2,1-2H3;2*1H/t16-;;/m0../s1. The summed E-state index contributed by atoms with van der Waals surface area (Å²) in [6.07, 6.45) is 0. The molecule has 3 rings (SSSR count). The zero-order valence-electron chi connectivity index (χ0n) is 13.9. The summed E-state index contributed by atoms with van der Waals surface area (Å²) in [6.45, 7) is 4.11. The summed E-state index contributed by atoms with van der Waals surface area (Å²) < 4.78 is 11.2. The Morgan fingerprint density at radius 1 is 1.04 bits per heavy atom. The normalized spacial score (nSPS) is 15.8. The predicted molar refractivity (Wildman–Crippen MR) is 105 cm³/mol. The smallest absolute Gasteiger partial charge is 0.165 e. The highest BCUT2D eigenvalue weighted by Gasteiger charge is 2.28. The molecule has 1 aliphatic rings. The lowest BCUT2D eigenvalue weighted by Crippen LogP contribution is -2.45. The van der Waals surface area contributed by atoms with E-state index in [0.717, 1.165) is 37.7 Å². The summed E-state index contributed by atoms with van der Waals surface area (Å²) in [6, 6.07) is 10.7. The Kier molecular flexibility index (Phi) is 8.87. The SMILES string of the molecule is COc1cccc([C@@H](c2cccs2)N2CCNCC2)c1OC.Cl.Cl. The molecule has 0 saturated carbocycles. The van der Waals surface area contributed by atoms with E-state index in [1.165, 1.54) is 10.4 Å². The lowest BCUT2D eigenvalue weighted by Gasteiger charge is -2.35. The summed E-state index contributed by atoms with van der Waals surface area (Å²) in [5.74, 6) is 1.62. The van der Waals surface area contributed by atoms with Gasteiger partial charge in [0, 0.05) is 36.6 Å². The molecule has 0 aliphatic carbocycles. The first-order chi connectivity index (χ1) is 10.8. The largest absolute Gasteiger partial charge is 0.493 e. The molecule has 1 saturated heterocycles. The second-order valence-electron chi connectivity index (χ2n) is 5.29. The summed E-state index contributed by atoms with van der Waals surface area (Å²) in [5.41, 5.74) is 1.17. The van der Waals surface area contributed by atoms with E-state index in [2.05, 4.69) is 33.8 Å². The highest BCUT2D eigenvalue weighted by atomic mass is 35.5. The van der Waals surface area contributed by atoms with Gasteiger partial charge in [0.2, 0.25) is 0 Å². The first-order valence-electron chi connectivity index (χ1n) is 7.54. The van der Waals surface area contributed by atoms with Crippen LogP contribution in [0.3, 0.4) is 0 Å². The number of rotatable bonds is 5. The molecule has 0 amide bonds. The molecule has 24 heavy (non-hydrogen) atoms. The summed E-state index contributed by atoms with van der Waals surface area (Å²) >= 11 is 1.79. The molecule has 7 heteroatoms. The molecule has 134 valence electrons. The van der Waals surface area contributed by atoms with Gasteiger partial charge in [-0.25, -0.2) is 0 Å². The molecule has 1 fully saturated rings. The fourth-order valence-electron chi connectivity index (χ4n) is 3.04. The first kappa shape index (κ1) is 21.1. The zero-order chi connectivity index (χ0) is 15.4. The average Bonchev–Trinajstić information content (AvgIpc) is 3.10. The van der Waals surface area contributed by atoms with E-state index < -0.39 is 0 Å². The van der Waals surface area contributed by atoms with Crippen molar-refractivity contribution < 1.29 is 9.47 Å². The van der Waals surface area contributed by atoms with Gasteiger partial charge < -0.3 is 14.8 Å². The van der Waals surface area contributed by atoms with E-state index in [1.54, 1.807) is 25.6 Å². The van der Waals surface area contributed by atoms with Gasteiger partial charge in [0.15, 0.2) is 11.5 Å². The Morgan fingerprint density at radius 2 is 1.79 bits per heavy atom. The monoisotopic (exact) mass is 390 g/mol. The van der Waals surface area contributed by atoms with Crippen LogP contribution in [0.4, 0.5) is 0 Å². The highest BCUT2D eigenvalue weighted by Crippen LogP contribution is 2.41. The highest BCUT2D eigenvalue weighted by molar-refractivity contribution is 7.10. The van der Waals surface area contributed by atoms with Crippen LogP contribution in [0.2, 0.25) is 0 Å². The molecule has 0 radical (unpaired) electrons. The topological polar surface area (TPSA) is 33.7 Å². The molecule has 1 aliphatic heterocycles. The molecule has 2 heterocycles. The van der Waals surface area contributed by atoms with Gasteiger partial charge >= 0.3 is 0 Å². The van der Waals surface area contributed by atoms with E-state index in [9.17, 15) is 0 Å². The van der Waals surface area contributed by atoms with Crippen molar-refractivity contribution in [3.8, 4) is 11.5 Å². The number of hydrogen-bond donors (Lipinski definition) is 1. The van der Waals surface area contributed by atoms with E-state index in [0.29, 0.717) is 0 Å². The van der Waals surface area contributed by atoms with Crippen LogP contribution in [-0.2, 0) is 0 Å². The summed E-state index contributed by atoms with van der Waals surface area (Å²) in [4.78, 5) is 3.85. The van der Waals surface area contributed by atoms with Crippen molar-refractivity contribution in [3.63, 3.8) is 0 Å². The average molecular weight is 391 g/mol. The van der Waals surface area contributed by atoms with E-state index in [4.69, 9.17) is 9.47 Å². The van der Waals surface area contributed by atoms with Crippen molar-refractivity contribution in [1.29, 1.82) is 0 Å². The summed E-state index contributed by atoms with van der Waals surface area (Å²) in [7, 11) is 3.40. The van der Waals surface area contributed by atoms with Crippen LogP contribution in [0.1, 0.15) is 16.5 Å². The van der Waals surface area contributed by atoms with Gasteiger partial charge in [-0.1, -0.05) is 18.2 Å². The molecule has 0 bridgehead atoms. The third-order valence-corrected chi connectivity index (χ3v) is 4.98. The number of nitrogens with zero attached hydrogens (tertiary/aromatic N) is 1. The van der Waals surface area contributed by atoms with Crippen LogP contribution in [0.15, 0.2) is 35.7 Å². The van der Waals surface area contributed by atoms with Crippen LogP contribution in [0, 0.1) is 0 Å². The molecule has 4 nitrogen and oxygen atoms in total. The third kappa shape index (κ3) is 4.35. The van der Waals surface area contributed by atoms with Gasteiger partial charge in [-0.15, -0.1) is 36.2 Å². The molecule has 1 aromatic carbocycles. The van der Waals surface area contributed by atoms with Crippen molar-refractivity contribution in [2.24, 2.45) is 0 Å². The molecular formula is C17H24Cl2N2O2S. The van der Waals surface area contributed by atoms with Crippen LogP contribution in [0.25, 0.3) is 0 Å². The molecule has 1 N–H and O–H groups in total. The van der Waals surface area contributed by atoms with Crippen LogP contribution in [-0.4, -0.2) is 45.3 Å². The van der Waals surface area contributed by atoms with Gasteiger partial charge in [0.1, 0.15) is 0 Å². The maximum absolute atomic E-state index is 5.67. The zero-order valence-corrected chi connectivity index (χ0v) is 16.3. The van der Waals surface area contributed by atoms with Crippen LogP contribution in [0.5, 0.6) is 11.5 Å². The number of hydrogen-bond acceptors (Lipinski definition) is 5. The Bertz CT molecular complexity index is 605. The fourth-order valence-corrected chi connectivity index (χ4v) is 3.92. The fraction of sp³-hybridized carbons (Fsp3) is 0.412. The number of piperazine rings is 1. The minimum absolute atomic E-state index is 0.